The zero-order valence-corrected chi connectivity index (χ0v) is 12.7. The molecule has 1 amide bonds. The number of aromatic nitrogens is 3. The van der Waals surface area contributed by atoms with Gasteiger partial charge in [0.1, 0.15) is 5.69 Å². The molecule has 0 fully saturated rings. The molecule has 2 aromatic rings. The summed E-state index contributed by atoms with van der Waals surface area (Å²) in [5, 5.41) is 7.18. The predicted molar refractivity (Wildman–Crippen MR) is 75.8 cm³/mol. The van der Waals surface area contributed by atoms with E-state index in [0.29, 0.717) is 12.2 Å². The third-order valence-corrected chi connectivity index (χ3v) is 3.51. The average Bonchev–Trinajstić information content (AvgIpc) is 2.62. The molecule has 2 aromatic heterocycles. The number of carbonyl (C=O) groups excluding carboxylic acids is 1. The second kappa shape index (κ2) is 5.52. The van der Waals surface area contributed by atoms with E-state index in [2.05, 4.69) is 31.3 Å². The number of pyridine rings is 1. The van der Waals surface area contributed by atoms with Crippen LogP contribution in [0.2, 0.25) is 0 Å². The Bertz CT molecular complexity index is 604. The van der Waals surface area contributed by atoms with Gasteiger partial charge in [0.25, 0.3) is 5.91 Å². The van der Waals surface area contributed by atoms with Crippen molar-refractivity contribution >= 4 is 21.8 Å². The Balaban J connectivity index is 2.06. The lowest BCUT2D eigenvalue weighted by Crippen LogP contribution is -2.24. The summed E-state index contributed by atoms with van der Waals surface area (Å²) in [4.78, 5) is 16.0. The van der Waals surface area contributed by atoms with Gasteiger partial charge in [0.15, 0.2) is 0 Å². The molecule has 0 aliphatic rings. The van der Waals surface area contributed by atoms with Gasteiger partial charge in [-0.3, -0.25) is 9.48 Å². The van der Waals surface area contributed by atoms with Crippen LogP contribution in [0.4, 0.5) is 0 Å². The molecule has 0 spiro atoms. The van der Waals surface area contributed by atoms with Crippen molar-refractivity contribution in [1.29, 1.82) is 0 Å². The van der Waals surface area contributed by atoms with Gasteiger partial charge in [-0.2, -0.15) is 5.10 Å². The molecule has 100 valence electrons. The zero-order chi connectivity index (χ0) is 14.0. The minimum absolute atomic E-state index is 0.185. The summed E-state index contributed by atoms with van der Waals surface area (Å²) in [5.74, 6) is -0.185. The third kappa shape index (κ3) is 3.01. The van der Waals surface area contributed by atoms with E-state index in [1.54, 1.807) is 18.3 Å². The number of rotatable bonds is 3. The van der Waals surface area contributed by atoms with Gasteiger partial charge < -0.3 is 5.32 Å². The highest BCUT2D eigenvalue weighted by Gasteiger charge is 2.12. The molecule has 0 aliphatic heterocycles. The molecule has 2 rings (SSSR count). The highest BCUT2D eigenvalue weighted by Crippen LogP contribution is 2.12. The maximum atomic E-state index is 11.9. The Hall–Kier alpha value is -1.69. The molecule has 0 saturated carbocycles. The summed E-state index contributed by atoms with van der Waals surface area (Å²) in [5.41, 5.74) is 3.45. The van der Waals surface area contributed by atoms with Crippen LogP contribution >= 0.6 is 15.9 Å². The molecule has 19 heavy (non-hydrogen) atoms. The Morgan fingerprint density at radius 1 is 1.42 bits per heavy atom. The van der Waals surface area contributed by atoms with Crippen molar-refractivity contribution in [1.82, 2.24) is 20.1 Å². The fourth-order valence-electron chi connectivity index (χ4n) is 1.84. The largest absolute Gasteiger partial charge is 0.346 e. The third-order valence-electron chi connectivity index (χ3n) is 3.04. The van der Waals surface area contributed by atoms with Gasteiger partial charge in [0.05, 0.1) is 5.69 Å². The Kier molecular flexibility index (Phi) is 3.99. The van der Waals surface area contributed by atoms with E-state index in [1.807, 2.05) is 25.6 Å². The van der Waals surface area contributed by atoms with E-state index in [0.717, 1.165) is 21.4 Å². The monoisotopic (exact) mass is 322 g/mol. The number of hydrogen-bond donors (Lipinski definition) is 1. The minimum atomic E-state index is -0.185. The van der Waals surface area contributed by atoms with Gasteiger partial charge in [-0.1, -0.05) is 0 Å². The van der Waals surface area contributed by atoms with Crippen molar-refractivity contribution in [2.45, 2.75) is 20.4 Å². The molecule has 0 atom stereocenters. The first-order valence-corrected chi connectivity index (χ1v) is 6.67. The van der Waals surface area contributed by atoms with Crippen LogP contribution in [0.5, 0.6) is 0 Å². The molecule has 0 bridgehead atoms. The first-order valence-electron chi connectivity index (χ1n) is 5.88. The van der Waals surface area contributed by atoms with Gasteiger partial charge in [0.2, 0.25) is 0 Å². The molecule has 5 nitrogen and oxygen atoms in total. The molecule has 0 unspecified atom stereocenters. The lowest BCUT2D eigenvalue weighted by atomic mass is 10.2. The van der Waals surface area contributed by atoms with E-state index in [9.17, 15) is 4.79 Å². The lowest BCUT2D eigenvalue weighted by molar-refractivity contribution is 0.0946. The van der Waals surface area contributed by atoms with Gasteiger partial charge in [0, 0.05) is 35.5 Å². The maximum Gasteiger partial charge on any atom is 0.270 e. The van der Waals surface area contributed by atoms with E-state index < -0.39 is 0 Å². The minimum Gasteiger partial charge on any atom is -0.346 e. The Labute approximate surface area is 120 Å². The van der Waals surface area contributed by atoms with Crippen molar-refractivity contribution in [3.63, 3.8) is 0 Å². The lowest BCUT2D eigenvalue weighted by Gasteiger charge is -2.05. The number of aryl methyl sites for hydroxylation is 2. The summed E-state index contributed by atoms with van der Waals surface area (Å²) in [6.45, 7) is 4.38. The first-order chi connectivity index (χ1) is 8.99. The maximum absolute atomic E-state index is 11.9. The van der Waals surface area contributed by atoms with Crippen molar-refractivity contribution in [2.24, 2.45) is 7.05 Å². The smallest absolute Gasteiger partial charge is 0.270 e. The second-order valence-corrected chi connectivity index (χ2v) is 5.23. The molecule has 1 N–H and O–H groups in total. The summed E-state index contributed by atoms with van der Waals surface area (Å²) >= 11 is 3.29. The van der Waals surface area contributed by atoms with Crippen LogP contribution < -0.4 is 5.32 Å². The molecular weight excluding hydrogens is 308 g/mol. The number of halogens is 1. The number of carbonyl (C=O) groups is 1. The van der Waals surface area contributed by atoms with Gasteiger partial charge in [-0.25, -0.2) is 4.98 Å². The highest BCUT2D eigenvalue weighted by molar-refractivity contribution is 9.10. The average molecular weight is 323 g/mol. The van der Waals surface area contributed by atoms with Crippen LogP contribution in [0.25, 0.3) is 0 Å². The van der Waals surface area contributed by atoms with Crippen LogP contribution in [-0.2, 0) is 13.6 Å². The second-order valence-electron chi connectivity index (χ2n) is 4.32. The predicted octanol–water partition coefficient (Wildman–Crippen LogP) is 2.12. The van der Waals surface area contributed by atoms with E-state index >= 15 is 0 Å². The van der Waals surface area contributed by atoms with Crippen LogP contribution in [-0.4, -0.2) is 20.7 Å². The number of nitrogens with one attached hydrogen (secondary N) is 1. The molecule has 6 heteroatoms. The van der Waals surface area contributed by atoms with Crippen molar-refractivity contribution in [2.75, 3.05) is 0 Å². The number of nitrogens with zero attached hydrogens (tertiary/aromatic N) is 3. The topological polar surface area (TPSA) is 59.8 Å². The van der Waals surface area contributed by atoms with Gasteiger partial charge >= 0.3 is 0 Å². The molecule has 0 aliphatic carbocycles. The number of amides is 1. The fourth-order valence-corrected chi connectivity index (χ4v) is 2.08. The van der Waals surface area contributed by atoms with Crippen molar-refractivity contribution in [3.05, 3.63) is 45.4 Å². The molecule has 0 radical (unpaired) electrons. The van der Waals surface area contributed by atoms with Crippen LogP contribution in [0, 0.1) is 13.8 Å². The van der Waals surface area contributed by atoms with Gasteiger partial charge in [-0.15, -0.1) is 0 Å². The highest BCUT2D eigenvalue weighted by atomic mass is 79.9. The quantitative estimate of drug-likeness (QED) is 0.941. The Morgan fingerprint density at radius 2 is 2.16 bits per heavy atom. The standard InChI is InChI=1S/C13H15BrN4O/c1-8-11(9(2)18(3)17-8)7-16-13(19)12-5-4-10(14)6-15-12/h4-6H,7H2,1-3H3,(H,16,19). The normalized spacial score (nSPS) is 10.5. The molecule has 0 aromatic carbocycles. The fraction of sp³-hybridized carbons (Fsp3) is 0.308. The molecule has 0 saturated heterocycles. The van der Waals surface area contributed by atoms with Crippen LogP contribution in [0.3, 0.4) is 0 Å². The van der Waals surface area contributed by atoms with E-state index in [4.69, 9.17) is 0 Å². The van der Waals surface area contributed by atoms with E-state index in [-0.39, 0.29) is 5.91 Å². The summed E-state index contributed by atoms with van der Waals surface area (Å²) in [7, 11) is 1.89. The van der Waals surface area contributed by atoms with Crippen LogP contribution in [0.1, 0.15) is 27.4 Å². The van der Waals surface area contributed by atoms with Gasteiger partial charge in [-0.05, 0) is 41.9 Å². The number of hydrogen-bond acceptors (Lipinski definition) is 3. The summed E-state index contributed by atoms with van der Waals surface area (Å²) < 4.78 is 2.66. The molecule has 2 heterocycles. The van der Waals surface area contributed by atoms with Crippen molar-refractivity contribution in [3.8, 4) is 0 Å². The Morgan fingerprint density at radius 3 is 2.68 bits per heavy atom. The summed E-state index contributed by atoms with van der Waals surface area (Å²) in [6.07, 6.45) is 1.61. The first kappa shape index (κ1) is 13.7. The van der Waals surface area contributed by atoms with E-state index in [1.165, 1.54) is 0 Å². The van der Waals surface area contributed by atoms with Crippen molar-refractivity contribution < 1.29 is 4.79 Å². The van der Waals surface area contributed by atoms with Crippen LogP contribution in [0.15, 0.2) is 22.8 Å². The molecular formula is C13H15BrN4O. The SMILES string of the molecule is Cc1nn(C)c(C)c1CNC(=O)c1ccc(Br)cn1. The summed E-state index contributed by atoms with van der Waals surface area (Å²) in [6, 6.07) is 3.48. The zero-order valence-electron chi connectivity index (χ0n) is 11.1.